The van der Waals surface area contributed by atoms with Crippen LogP contribution in [-0.2, 0) is 9.59 Å². The molecule has 0 fully saturated rings. The number of H-pyrrole nitrogens is 1. The molecule has 6 N–H and O–H groups in total. The number of rotatable bonds is 8. The maximum atomic E-state index is 9.99. The van der Waals surface area contributed by atoms with Crippen molar-refractivity contribution in [1.29, 1.82) is 0 Å². The minimum atomic E-state index is -1.17. The molecule has 0 spiro atoms. The van der Waals surface area contributed by atoms with E-state index in [4.69, 9.17) is 21.1 Å². The quantitative estimate of drug-likeness (QED) is 0.470. The number of hydrogen-bond donors (Lipinski definition) is 5. The summed E-state index contributed by atoms with van der Waals surface area (Å²) in [5, 5.41) is 25.0. The van der Waals surface area contributed by atoms with Gasteiger partial charge in [0, 0.05) is 31.3 Å². The van der Waals surface area contributed by atoms with Crippen LogP contribution in [0.2, 0.25) is 0 Å². The van der Waals surface area contributed by atoms with Crippen molar-refractivity contribution in [3.63, 3.8) is 0 Å². The molecule has 0 amide bonds. The monoisotopic (exact) mass is 301 g/mol. The molecule has 0 saturated heterocycles. The van der Waals surface area contributed by atoms with E-state index in [-0.39, 0.29) is 19.4 Å². The predicted octanol–water partition coefficient (Wildman–Crippen LogP) is 0.549. The van der Waals surface area contributed by atoms with Crippen molar-refractivity contribution < 1.29 is 24.9 Å². The number of imidazole rings is 1. The van der Waals surface area contributed by atoms with Crippen LogP contribution in [0.4, 0.5) is 0 Å². The van der Waals surface area contributed by atoms with Gasteiger partial charge in [-0.3, -0.25) is 9.59 Å². The van der Waals surface area contributed by atoms with Crippen LogP contribution in [0.25, 0.3) is 0 Å². The van der Waals surface area contributed by atoms with Crippen LogP contribution in [0.1, 0.15) is 44.3 Å². The predicted molar refractivity (Wildman–Crippen MR) is 75.8 cm³/mol. The zero-order chi connectivity index (χ0) is 16.3. The van der Waals surface area contributed by atoms with Gasteiger partial charge >= 0.3 is 11.9 Å². The van der Waals surface area contributed by atoms with Crippen LogP contribution in [0.15, 0.2) is 12.4 Å². The summed E-state index contributed by atoms with van der Waals surface area (Å²) in [4.78, 5) is 27.1. The molecule has 1 aromatic heterocycles. The van der Waals surface area contributed by atoms with Gasteiger partial charge in [0.1, 0.15) is 11.9 Å². The zero-order valence-electron chi connectivity index (χ0n) is 12.0. The second-order valence-electron chi connectivity index (χ2n) is 4.47. The third-order valence-corrected chi connectivity index (χ3v) is 2.86. The van der Waals surface area contributed by atoms with Crippen LogP contribution >= 0.6 is 0 Å². The third-order valence-electron chi connectivity index (χ3n) is 2.86. The maximum Gasteiger partial charge on any atom is 0.320 e. The Bertz CT molecular complexity index is 408. The Balaban J connectivity index is 0.000000384. The molecule has 0 aliphatic rings. The normalized spacial score (nSPS) is 12.9. The molecule has 0 saturated carbocycles. The first kappa shape index (κ1) is 19.1. The van der Waals surface area contributed by atoms with Crippen molar-refractivity contribution >= 4 is 11.9 Å². The Morgan fingerprint density at radius 3 is 2.43 bits per heavy atom. The highest BCUT2D eigenvalue weighted by molar-refractivity contribution is 5.74. The Kier molecular flexibility index (Phi) is 9.82. The standard InChI is InChI=1S/C8H14N2O.C5H9NO4/c1-2-7(3-6-11)8-9-4-5-10-8;6-3(5(9)10)1-2-4(7)8/h4-5,7,11H,2-3,6H2,1H3,(H,9,10);3H,1-2,6H2,(H,7,8)(H,9,10)/t;3-/m.0/s1. The number of nitrogens with one attached hydrogen (secondary N) is 1. The number of aliphatic carboxylic acids is 2. The zero-order valence-corrected chi connectivity index (χ0v) is 12.0. The first-order valence-corrected chi connectivity index (χ1v) is 6.72. The largest absolute Gasteiger partial charge is 0.481 e. The molecular weight excluding hydrogens is 278 g/mol. The van der Waals surface area contributed by atoms with Gasteiger partial charge in [-0.05, 0) is 19.3 Å². The van der Waals surface area contributed by atoms with Crippen LogP contribution in [0.3, 0.4) is 0 Å². The fraction of sp³-hybridized carbons (Fsp3) is 0.615. The molecule has 1 heterocycles. The van der Waals surface area contributed by atoms with Crippen molar-refractivity contribution in [1.82, 2.24) is 9.97 Å². The highest BCUT2D eigenvalue weighted by Gasteiger charge is 2.12. The maximum absolute atomic E-state index is 9.99. The summed E-state index contributed by atoms with van der Waals surface area (Å²) in [5.41, 5.74) is 5.00. The summed E-state index contributed by atoms with van der Waals surface area (Å²) < 4.78 is 0. The highest BCUT2D eigenvalue weighted by Crippen LogP contribution is 2.18. The fourth-order valence-electron chi connectivity index (χ4n) is 1.59. The van der Waals surface area contributed by atoms with Gasteiger partial charge in [-0.25, -0.2) is 4.98 Å². The van der Waals surface area contributed by atoms with Crippen molar-refractivity contribution in [3.8, 4) is 0 Å². The Labute approximate surface area is 123 Å². The number of aromatic amines is 1. The van der Waals surface area contributed by atoms with E-state index in [9.17, 15) is 9.59 Å². The molecule has 1 unspecified atom stereocenters. The molecule has 8 nitrogen and oxygen atoms in total. The van der Waals surface area contributed by atoms with E-state index < -0.39 is 18.0 Å². The number of aliphatic hydroxyl groups is 1. The topological polar surface area (TPSA) is 150 Å². The second kappa shape index (κ2) is 10.8. The van der Waals surface area contributed by atoms with Crippen LogP contribution in [0, 0.1) is 0 Å². The summed E-state index contributed by atoms with van der Waals surface area (Å²) in [7, 11) is 0. The average Bonchev–Trinajstić information content (AvgIpc) is 2.96. The van der Waals surface area contributed by atoms with Gasteiger partial charge in [0.2, 0.25) is 0 Å². The van der Waals surface area contributed by atoms with Crippen LogP contribution < -0.4 is 5.73 Å². The van der Waals surface area contributed by atoms with E-state index in [2.05, 4.69) is 16.9 Å². The van der Waals surface area contributed by atoms with Crippen LogP contribution in [0.5, 0.6) is 0 Å². The van der Waals surface area contributed by atoms with E-state index >= 15 is 0 Å². The molecule has 1 rings (SSSR count). The third kappa shape index (κ3) is 8.77. The van der Waals surface area contributed by atoms with E-state index in [1.165, 1.54) is 0 Å². The van der Waals surface area contributed by atoms with Gasteiger partial charge < -0.3 is 26.0 Å². The number of carbonyl (C=O) groups is 2. The molecule has 0 aliphatic carbocycles. The van der Waals surface area contributed by atoms with Crippen molar-refractivity contribution in [2.75, 3.05) is 6.61 Å². The summed E-state index contributed by atoms with van der Waals surface area (Å²) in [6.45, 7) is 2.34. The first-order chi connectivity index (χ1) is 9.92. The minimum absolute atomic E-state index is 0.0231. The van der Waals surface area contributed by atoms with Crippen molar-refractivity contribution in [2.24, 2.45) is 5.73 Å². The molecule has 2 atom stereocenters. The van der Waals surface area contributed by atoms with Gasteiger partial charge in [-0.2, -0.15) is 0 Å². The Hall–Kier alpha value is -1.93. The van der Waals surface area contributed by atoms with Gasteiger partial charge in [-0.15, -0.1) is 0 Å². The van der Waals surface area contributed by atoms with Crippen molar-refractivity contribution in [2.45, 2.75) is 44.6 Å². The van der Waals surface area contributed by atoms with Crippen LogP contribution in [-0.4, -0.2) is 49.9 Å². The Morgan fingerprint density at radius 2 is 2.05 bits per heavy atom. The lowest BCUT2D eigenvalue weighted by molar-refractivity contribution is -0.139. The van der Waals surface area contributed by atoms with E-state index in [1.54, 1.807) is 6.20 Å². The summed E-state index contributed by atoms with van der Waals surface area (Å²) in [5.74, 6) is -0.825. The molecule has 8 heteroatoms. The average molecular weight is 301 g/mol. The van der Waals surface area contributed by atoms with E-state index in [1.807, 2.05) is 6.20 Å². The minimum Gasteiger partial charge on any atom is -0.481 e. The van der Waals surface area contributed by atoms with E-state index in [0.717, 1.165) is 18.7 Å². The van der Waals surface area contributed by atoms with Gasteiger partial charge in [0.15, 0.2) is 0 Å². The molecule has 0 aromatic carbocycles. The summed E-state index contributed by atoms with van der Waals surface area (Å²) in [6.07, 6.45) is 5.15. The van der Waals surface area contributed by atoms with Gasteiger partial charge in [-0.1, -0.05) is 6.92 Å². The molecular formula is C13H23N3O5. The highest BCUT2D eigenvalue weighted by atomic mass is 16.4. The first-order valence-electron chi connectivity index (χ1n) is 6.72. The number of carboxylic acid groups (broad SMARTS) is 2. The smallest absolute Gasteiger partial charge is 0.320 e. The summed E-state index contributed by atoms with van der Waals surface area (Å²) >= 11 is 0. The van der Waals surface area contributed by atoms with Gasteiger partial charge in [0.25, 0.3) is 0 Å². The molecule has 0 aliphatic heterocycles. The molecule has 1 aromatic rings. The SMILES string of the molecule is CCC(CCO)c1ncc[nH]1.N[C@@H](CCC(=O)O)C(=O)O. The number of hydrogen-bond acceptors (Lipinski definition) is 5. The number of nitrogens with zero attached hydrogens (tertiary/aromatic N) is 1. The van der Waals surface area contributed by atoms with E-state index in [0.29, 0.717) is 5.92 Å². The Morgan fingerprint density at radius 1 is 1.38 bits per heavy atom. The molecule has 21 heavy (non-hydrogen) atoms. The fourth-order valence-corrected chi connectivity index (χ4v) is 1.59. The lowest BCUT2D eigenvalue weighted by Gasteiger charge is -2.08. The number of aromatic nitrogens is 2. The lowest BCUT2D eigenvalue weighted by Crippen LogP contribution is -2.30. The molecule has 0 radical (unpaired) electrons. The number of aliphatic hydroxyl groups excluding tert-OH is 1. The summed E-state index contributed by atoms with van der Waals surface area (Å²) in [6, 6.07) is -1.06. The molecule has 120 valence electrons. The number of carboxylic acids is 2. The van der Waals surface area contributed by atoms with Gasteiger partial charge in [0.05, 0.1) is 0 Å². The number of nitrogens with two attached hydrogens (primary N) is 1. The molecule has 0 bridgehead atoms. The lowest BCUT2D eigenvalue weighted by atomic mass is 10.0. The second-order valence-corrected chi connectivity index (χ2v) is 4.47. The van der Waals surface area contributed by atoms with Crippen molar-refractivity contribution in [3.05, 3.63) is 18.2 Å².